The number of ether oxygens (including phenoxy) is 2. The molecule has 0 spiro atoms. The van der Waals surface area contributed by atoms with Crippen LogP contribution in [0.25, 0.3) is 6.08 Å². The van der Waals surface area contributed by atoms with Gasteiger partial charge in [-0.3, -0.25) is 19.5 Å². The molecule has 3 aromatic rings. The molecule has 1 aromatic heterocycles. The Balaban J connectivity index is 1.98. The zero-order valence-corrected chi connectivity index (χ0v) is 21.4. The maximum atomic E-state index is 13.7. The normalized spacial score (nSPS) is 15.4. The molecule has 1 atom stereocenters. The van der Waals surface area contributed by atoms with Gasteiger partial charge >= 0.3 is 11.7 Å². The highest BCUT2D eigenvalue weighted by Crippen LogP contribution is 2.36. The molecule has 1 N–H and O–H groups in total. The smallest absolute Gasteiger partial charge is 0.338 e. The van der Waals surface area contributed by atoms with Gasteiger partial charge in [0.25, 0.3) is 5.56 Å². The molecule has 0 bridgehead atoms. The Kier molecular flexibility index (Phi) is 7.25. The number of phenols is 1. The molecule has 0 saturated carbocycles. The van der Waals surface area contributed by atoms with Crippen LogP contribution < -0.4 is 19.6 Å². The minimum absolute atomic E-state index is 0.149. The van der Waals surface area contributed by atoms with E-state index in [1.165, 1.54) is 28.8 Å². The molecule has 0 saturated heterocycles. The van der Waals surface area contributed by atoms with Crippen molar-refractivity contribution in [2.24, 2.45) is 4.99 Å². The first kappa shape index (κ1) is 25.8. The fourth-order valence-electron chi connectivity index (χ4n) is 4.08. The minimum Gasteiger partial charge on any atom is -0.502 e. The Labute approximate surface area is 215 Å². The summed E-state index contributed by atoms with van der Waals surface area (Å²) in [7, 11) is 0. The van der Waals surface area contributed by atoms with Gasteiger partial charge in [-0.15, -0.1) is 0 Å². The summed E-state index contributed by atoms with van der Waals surface area (Å²) in [5.41, 5.74) is 0.687. The molecule has 2 aromatic carbocycles. The number of aromatic hydroxyl groups is 1. The van der Waals surface area contributed by atoms with Crippen LogP contribution in [0.5, 0.6) is 11.5 Å². The van der Waals surface area contributed by atoms with Crippen molar-refractivity contribution in [3.05, 3.63) is 94.7 Å². The largest absolute Gasteiger partial charge is 0.502 e. The zero-order valence-electron chi connectivity index (χ0n) is 20.6. The molecular weight excluding hydrogens is 498 g/mol. The molecule has 0 amide bonds. The SMILES string of the molecule is CCOC(=O)C1=C(C)N=c2s/c(=C/c3ccc(O)c([N+](=O)[O-])c3)c(=O)n2[C@@H]1c1ccccc1OC(C)C. The molecule has 0 aliphatic carbocycles. The third kappa shape index (κ3) is 5.03. The van der Waals surface area contributed by atoms with Gasteiger partial charge in [-0.1, -0.05) is 35.6 Å². The first-order valence-electron chi connectivity index (χ1n) is 11.5. The van der Waals surface area contributed by atoms with Crippen LogP contribution in [0.4, 0.5) is 5.69 Å². The number of para-hydroxylation sites is 1. The highest BCUT2D eigenvalue weighted by atomic mass is 32.1. The lowest BCUT2D eigenvalue weighted by Crippen LogP contribution is -2.40. The van der Waals surface area contributed by atoms with Crippen LogP contribution >= 0.6 is 11.3 Å². The number of nitro groups is 1. The number of allylic oxidation sites excluding steroid dienone is 1. The molecular formula is C26H25N3O7S. The first-order valence-corrected chi connectivity index (χ1v) is 12.4. The molecule has 4 rings (SSSR count). The van der Waals surface area contributed by atoms with Gasteiger partial charge in [0, 0.05) is 11.6 Å². The van der Waals surface area contributed by atoms with Crippen LogP contribution in [-0.2, 0) is 9.53 Å². The molecule has 37 heavy (non-hydrogen) atoms. The number of hydrogen-bond donors (Lipinski definition) is 1. The second kappa shape index (κ2) is 10.4. The Bertz CT molecular complexity index is 1600. The third-order valence-electron chi connectivity index (χ3n) is 5.59. The number of fused-ring (bicyclic) bond motifs is 1. The van der Waals surface area contributed by atoms with E-state index >= 15 is 0 Å². The summed E-state index contributed by atoms with van der Waals surface area (Å²) >= 11 is 1.09. The quantitative estimate of drug-likeness (QED) is 0.286. The number of benzene rings is 2. The molecule has 0 radical (unpaired) electrons. The highest BCUT2D eigenvalue weighted by molar-refractivity contribution is 7.07. The van der Waals surface area contributed by atoms with Crippen molar-refractivity contribution < 1.29 is 24.3 Å². The van der Waals surface area contributed by atoms with Crippen LogP contribution in [-0.4, -0.2) is 33.3 Å². The van der Waals surface area contributed by atoms with Gasteiger partial charge < -0.3 is 14.6 Å². The van der Waals surface area contributed by atoms with Crippen molar-refractivity contribution in [1.82, 2.24) is 4.57 Å². The van der Waals surface area contributed by atoms with E-state index < -0.39 is 33.9 Å². The summed E-state index contributed by atoms with van der Waals surface area (Å²) in [4.78, 5) is 42.3. The van der Waals surface area contributed by atoms with Crippen LogP contribution in [0.1, 0.15) is 44.9 Å². The number of aromatic nitrogens is 1. The van der Waals surface area contributed by atoms with Gasteiger partial charge in [0.2, 0.25) is 0 Å². The van der Waals surface area contributed by atoms with Crippen LogP contribution in [0.3, 0.4) is 0 Å². The van der Waals surface area contributed by atoms with Crippen LogP contribution in [0.2, 0.25) is 0 Å². The van der Waals surface area contributed by atoms with Gasteiger partial charge in [0.1, 0.15) is 11.8 Å². The van der Waals surface area contributed by atoms with Crippen molar-refractivity contribution in [3.63, 3.8) is 0 Å². The molecule has 1 aliphatic rings. The Morgan fingerprint density at radius 3 is 2.70 bits per heavy atom. The molecule has 192 valence electrons. The third-order valence-corrected chi connectivity index (χ3v) is 6.57. The number of hydrogen-bond acceptors (Lipinski definition) is 9. The Morgan fingerprint density at radius 1 is 1.30 bits per heavy atom. The number of esters is 1. The molecule has 0 fully saturated rings. The van der Waals surface area contributed by atoms with Crippen molar-refractivity contribution in [2.45, 2.75) is 39.8 Å². The monoisotopic (exact) mass is 523 g/mol. The summed E-state index contributed by atoms with van der Waals surface area (Å²) in [6, 6.07) is 10.2. The lowest BCUT2D eigenvalue weighted by Gasteiger charge is -2.26. The van der Waals surface area contributed by atoms with E-state index in [2.05, 4.69) is 4.99 Å². The predicted octanol–water partition coefficient (Wildman–Crippen LogP) is 3.20. The Hall–Kier alpha value is -4.25. The predicted molar refractivity (Wildman–Crippen MR) is 137 cm³/mol. The summed E-state index contributed by atoms with van der Waals surface area (Å²) in [5.74, 6) is -0.542. The molecule has 0 unspecified atom stereocenters. The number of nitro benzene ring substituents is 1. The summed E-state index contributed by atoms with van der Waals surface area (Å²) in [6.07, 6.45) is 1.34. The number of carbonyl (C=O) groups is 1. The average molecular weight is 524 g/mol. The summed E-state index contributed by atoms with van der Waals surface area (Å²) in [5, 5.41) is 21.0. The maximum absolute atomic E-state index is 13.7. The van der Waals surface area contributed by atoms with E-state index in [-0.39, 0.29) is 22.8 Å². The van der Waals surface area contributed by atoms with Crippen molar-refractivity contribution >= 4 is 29.1 Å². The van der Waals surface area contributed by atoms with Gasteiger partial charge in [0.15, 0.2) is 10.6 Å². The van der Waals surface area contributed by atoms with Crippen molar-refractivity contribution in [2.75, 3.05) is 6.61 Å². The average Bonchev–Trinajstić information content (AvgIpc) is 3.13. The van der Waals surface area contributed by atoms with Crippen LogP contribution in [0, 0.1) is 10.1 Å². The van der Waals surface area contributed by atoms with E-state index in [0.717, 1.165) is 11.3 Å². The van der Waals surface area contributed by atoms with Gasteiger partial charge in [-0.25, -0.2) is 9.79 Å². The van der Waals surface area contributed by atoms with E-state index in [1.807, 2.05) is 19.9 Å². The first-order chi connectivity index (χ1) is 17.6. The van der Waals surface area contributed by atoms with Crippen LogP contribution in [0.15, 0.2) is 63.5 Å². The van der Waals surface area contributed by atoms with E-state index in [0.29, 0.717) is 27.4 Å². The second-order valence-electron chi connectivity index (χ2n) is 8.51. The van der Waals surface area contributed by atoms with Gasteiger partial charge in [-0.05, 0) is 51.5 Å². The lowest BCUT2D eigenvalue weighted by molar-refractivity contribution is -0.385. The lowest BCUT2D eigenvalue weighted by atomic mass is 9.95. The fraction of sp³-hybridized carbons (Fsp3) is 0.269. The highest BCUT2D eigenvalue weighted by Gasteiger charge is 2.35. The molecule has 10 nitrogen and oxygen atoms in total. The Morgan fingerprint density at radius 2 is 2.03 bits per heavy atom. The summed E-state index contributed by atoms with van der Waals surface area (Å²) in [6.45, 7) is 7.30. The second-order valence-corrected chi connectivity index (χ2v) is 9.52. The number of nitrogens with zero attached hydrogens (tertiary/aromatic N) is 3. The molecule has 1 aliphatic heterocycles. The van der Waals surface area contributed by atoms with E-state index in [1.54, 1.807) is 32.0 Å². The maximum Gasteiger partial charge on any atom is 0.338 e. The minimum atomic E-state index is -0.860. The molecule has 11 heteroatoms. The zero-order chi connectivity index (χ0) is 26.9. The summed E-state index contributed by atoms with van der Waals surface area (Å²) < 4.78 is 13.0. The topological polar surface area (TPSA) is 133 Å². The fourth-order valence-corrected chi connectivity index (χ4v) is 5.13. The number of thiazole rings is 1. The van der Waals surface area contributed by atoms with Gasteiger partial charge in [-0.2, -0.15) is 0 Å². The number of phenolic OH excluding ortho intramolecular Hbond substituents is 1. The van der Waals surface area contributed by atoms with Gasteiger partial charge in [0.05, 0.1) is 33.4 Å². The number of rotatable bonds is 7. The van der Waals surface area contributed by atoms with E-state index in [4.69, 9.17) is 9.47 Å². The van der Waals surface area contributed by atoms with Crippen molar-refractivity contribution in [3.8, 4) is 11.5 Å². The van der Waals surface area contributed by atoms with E-state index in [9.17, 15) is 24.8 Å². The standard InChI is InChI=1S/C26H25N3O7S/c1-5-35-25(32)22-15(4)27-26-28(23(22)17-8-6-7-9-20(17)36-14(2)3)24(31)21(37-26)13-16-10-11-19(30)18(12-16)29(33)34/h6-14,23,30H,5H2,1-4H3/b21-13+/t23-/m1/s1. The molecule has 2 heterocycles. The van der Waals surface area contributed by atoms with Crippen molar-refractivity contribution in [1.29, 1.82) is 0 Å². The number of carbonyl (C=O) groups excluding carboxylic acids is 1.